The van der Waals surface area contributed by atoms with E-state index in [1.807, 2.05) is 12.3 Å². The number of carbonyl (C=O) groups excluding carboxylic acids is 1. The standard InChI is InChI=1S/C19H22ClN3O2/c20-17-7-2-1-6-16(17)18(24)19(25)23-10-4-9-22(11-12-23)14-15-5-3-8-21-13-15/h1-3,5-8,13,18,24H,4,9-12,14H2/t18-/m0/s1. The first-order chi connectivity index (χ1) is 12.1. The molecule has 1 saturated heterocycles. The molecule has 5 nitrogen and oxygen atoms in total. The highest BCUT2D eigenvalue weighted by Gasteiger charge is 2.27. The van der Waals surface area contributed by atoms with Crippen LogP contribution in [0, 0.1) is 0 Å². The van der Waals surface area contributed by atoms with Crippen LogP contribution in [0.2, 0.25) is 5.02 Å². The van der Waals surface area contributed by atoms with Crippen molar-refractivity contribution in [3.05, 3.63) is 64.9 Å². The Morgan fingerprint density at radius 3 is 2.76 bits per heavy atom. The SMILES string of the molecule is O=C([C@@H](O)c1ccccc1Cl)N1CCCN(Cc2cccnc2)CC1. The van der Waals surface area contributed by atoms with Crippen LogP contribution in [0.4, 0.5) is 0 Å². The predicted octanol–water partition coefficient (Wildman–Crippen LogP) is 2.50. The van der Waals surface area contributed by atoms with Crippen molar-refractivity contribution in [3.8, 4) is 0 Å². The minimum absolute atomic E-state index is 0.281. The zero-order valence-electron chi connectivity index (χ0n) is 14.0. The lowest BCUT2D eigenvalue weighted by Crippen LogP contribution is -2.38. The Hall–Kier alpha value is -1.95. The molecule has 3 rings (SSSR count). The third-order valence-electron chi connectivity index (χ3n) is 4.46. The van der Waals surface area contributed by atoms with Gasteiger partial charge in [0, 0.05) is 55.7 Å². The Balaban J connectivity index is 1.60. The van der Waals surface area contributed by atoms with Gasteiger partial charge in [-0.15, -0.1) is 0 Å². The zero-order valence-corrected chi connectivity index (χ0v) is 14.8. The van der Waals surface area contributed by atoms with Crippen LogP contribution < -0.4 is 0 Å². The van der Waals surface area contributed by atoms with E-state index in [0.717, 1.165) is 26.1 Å². The van der Waals surface area contributed by atoms with Crippen molar-refractivity contribution in [1.29, 1.82) is 0 Å². The maximum atomic E-state index is 12.7. The molecule has 1 fully saturated rings. The molecule has 25 heavy (non-hydrogen) atoms. The van der Waals surface area contributed by atoms with Gasteiger partial charge in [0.2, 0.25) is 0 Å². The fourth-order valence-corrected chi connectivity index (χ4v) is 3.34. The summed E-state index contributed by atoms with van der Waals surface area (Å²) >= 11 is 6.10. The summed E-state index contributed by atoms with van der Waals surface area (Å²) in [5.41, 5.74) is 1.63. The van der Waals surface area contributed by atoms with Crippen LogP contribution in [0.25, 0.3) is 0 Å². The molecule has 1 aromatic carbocycles. The van der Waals surface area contributed by atoms with Crippen molar-refractivity contribution in [3.63, 3.8) is 0 Å². The molecular formula is C19H22ClN3O2. The lowest BCUT2D eigenvalue weighted by molar-refractivity contribution is -0.140. The molecule has 6 heteroatoms. The summed E-state index contributed by atoms with van der Waals surface area (Å²) < 4.78 is 0. The van der Waals surface area contributed by atoms with Crippen LogP contribution in [-0.2, 0) is 11.3 Å². The molecular weight excluding hydrogens is 338 g/mol. The Bertz CT molecular complexity index is 711. The van der Waals surface area contributed by atoms with Crippen molar-refractivity contribution in [2.45, 2.75) is 19.1 Å². The molecule has 2 aromatic rings. The molecule has 0 radical (unpaired) electrons. The molecule has 2 heterocycles. The van der Waals surface area contributed by atoms with Crippen molar-refractivity contribution in [1.82, 2.24) is 14.8 Å². The first-order valence-electron chi connectivity index (χ1n) is 8.47. The molecule has 0 spiro atoms. The van der Waals surface area contributed by atoms with Gasteiger partial charge in [0.25, 0.3) is 5.91 Å². The largest absolute Gasteiger partial charge is 0.378 e. The third-order valence-corrected chi connectivity index (χ3v) is 4.81. The highest BCUT2D eigenvalue weighted by molar-refractivity contribution is 6.31. The monoisotopic (exact) mass is 359 g/mol. The van der Waals surface area contributed by atoms with Crippen LogP contribution in [-0.4, -0.2) is 52.0 Å². The van der Waals surface area contributed by atoms with Gasteiger partial charge >= 0.3 is 0 Å². The Morgan fingerprint density at radius 1 is 1.16 bits per heavy atom. The Labute approximate surface area is 152 Å². The molecule has 1 N–H and O–H groups in total. The smallest absolute Gasteiger partial charge is 0.256 e. The van der Waals surface area contributed by atoms with E-state index in [0.29, 0.717) is 23.7 Å². The molecule has 1 atom stereocenters. The lowest BCUT2D eigenvalue weighted by atomic mass is 10.1. The lowest BCUT2D eigenvalue weighted by Gasteiger charge is -2.24. The predicted molar refractivity (Wildman–Crippen MR) is 97.1 cm³/mol. The summed E-state index contributed by atoms with van der Waals surface area (Å²) in [6.45, 7) is 3.75. The van der Waals surface area contributed by atoms with Crippen LogP contribution in [0.5, 0.6) is 0 Å². The zero-order chi connectivity index (χ0) is 17.6. The van der Waals surface area contributed by atoms with Crippen molar-refractivity contribution < 1.29 is 9.90 Å². The van der Waals surface area contributed by atoms with Crippen LogP contribution in [0.3, 0.4) is 0 Å². The Kier molecular flexibility index (Phi) is 6.02. The Morgan fingerprint density at radius 2 is 2.00 bits per heavy atom. The summed E-state index contributed by atoms with van der Waals surface area (Å²) in [6, 6.07) is 10.9. The van der Waals surface area contributed by atoms with Gasteiger partial charge in [-0.25, -0.2) is 0 Å². The number of hydrogen-bond donors (Lipinski definition) is 1. The number of aliphatic hydroxyl groups excluding tert-OH is 1. The number of pyridine rings is 1. The van der Waals surface area contributed by atoms with Gasteiger partial charge in [-0.2, -0.15) is 0 Å². The molecule has 132 valence electrons. The summed E-state index contributed by atoms with van der Waals surface area (Å²) in [5.74, 6) is -0.281. The number of aliphatic hydroxyl groups is 1. The van der Waals surface area contributed by atoms with E-state index in [4.69, 9.17) is 11.6 Å². The van der Waals surface area contributed by atoms with E-state index < -0.39 is 6.10 Å². The van der Waals surface area contributed by atoms with Crippen LogP contribution in [0.1, 0.15) is 23.7 Å². The first-order valence-corrected chi connectivity index (χ1v) is 8.85. The number of hydrogen-bond acceptors (Lipinski definition) is 4. The molecule has 0 bridgehead atoms. The summed E-state index contributed by atoms with van der Waals surface area (Å²) in [6.07, 6.45) is 3.30. The number of amides is 1. The topological polar surface area (TPSA) is 56.7 Å². The number of halogens is 1. The van der Waals surface area contributed by atoms with Crippen molar-refractivity contribution >= 4 is 17.5 Å². The van der Waals surface area contributed by atoms with Gasteiger partial charge in [-0.3, -0.25) is 14.7 Å². The van der Waals surface area contributed by atoms with E-state index >= 15 is 0 Å². The van der Waals surface area contributed by atoms with E-state index in [1.54, 1.807) is 35.4 Å². The first kappa shape index (κ1) is 17.9. The quantitative estimate of drug-likeness (QED) is 0.911. The van der Waals surface area contributed by atoms with E-state index in [1.165, 1.54) is 5.56 Å². The number of carbonyl (C=O) groups is 1. The van der Waals surface area contributed by atoms with E-state index in [-0.39, 0.29) is 5.91 Å². The van der Waals surface area contributed by atoms with E-state index in [2.05, 4.69) is 16.0 Å². The van der Waals surface area contributed by atoms with Gasteiger partial charge in [0.1, 0.15) is 0 Å². The van der Waals surface area contributed by atoms with Gasteiger partial charge in [-0.05, 0) is 24.1 Å². The number of aromatic nitrogens is 1. The maximum Gasteiger partial charge on any atom is 0.256 e. The van der Waals surface area contributed by atoms with Crippen molar-refractivity contribution in [2.75, 3.05) is 26.2 Å². The molecule has 1 amide bonds. The van der Waals surface area contributed by atoms with Gasteiger partial charge < -0.3 is 10.0 Å². The van der Waals surface area contributed by atoms with Gasteiger partial charge in [0.05, 0.1) is 0 Å². The second-order valence-electron chi connectivity index (χ2n) is 6.24. The molecule has 1 aliphatic heterocycles. The van der Waals surface area contributed by atoms with Crippen molar-refractivity contribution in [2.24, 2.45) is 0 Å². The van der Waals surface area contributed by atoms with Gasteiger partial charge in [0.15, 0.2) is 6.10 Å². The number of nitrogens with zero attached hydrogens (tertiary/aromatic N) is 3. The number of benzene rings is 1. The average molecular weight is 360 g/mol. The van der Waals surface area contributed by atoms with Gasteiger partial charge in [-0.1, -0.05) is 35.9 Å². The minimum atomic E-state index is -1.21. The fraction of sp³-hybridized carbons (Fsp3) is 0.368. The normalized spacial score (nSPS) is 17.1. The second kappa shape index (κ2) is 8.43. The van der Waals surface area contributed by atoms with E-state index in [9.17, 15) is 9.90 Å². The summed E-state index contributed by atoms with van der Waals surface area (Å²) in [5, 5.41) is 10.8. The summed E-state index contributed by atoms with van der Waals surface area (Å²) in [4.78, 5) is 20.8. The molecule has 1 aromatic heterocycles. The minimum Gasteiger partial charge on any atom is -0.378 e. The second-order valence-corrected chi connectivity index (χ2v) is 6.65. The molecule has 0 saturated carbocycles. The highest BCUT2D eigenvalue weighted by Crippen LogP contribution is 2.24. The highest BCUT2D eigenvalue weighted by atomic mass is 35.5. The average Bonchev–Trinajstić information content (AvgIpc) is 2.87. The molecule has 1 aliphatic rings. The molecule has 0 unspecified atom stereocenters. The van der Waals surface area contributed by atoms with Crippen LogP contribution in [0.15, 0.2) is 48.8 Å². The third kappa shape index (κ3) is 4.57. The van der Waals surface area contributed by atoms with Crippen LogP contribution >= 0.6 is 11.6 Å². The maximum absolute atomic E-state index is 12.7. The number of rotatable bonds is 4. The molecule has 0 aliphatic carbocycles. The summed E-state index contributed by atoms with van der Waals surface area (Å²) in [7, 11) is 0. The fourth-order valence-electron chi connectivity index (χ4n) is 3.10.